The summed E-state index contributed by atoms with van der Waals surface area (Å²) in [6, 6.07) is 12.5. The molecule has 0 saturated carbocycles. The molecule has 0 amide bonds. The summed E-state index contributed by atoms with van der Waals surface area (Å²) < 4.78 is 57.3. The van der Waals surface area contributed by atoms with Crippen molar-refractivity contribution in [2.75, 3.05) is 0 Å². The molecule has 0 spiro atoms. The molecule has 5 nitrogen and oxygen atoms in total. The Morgan fingerprint density at radius 1 is 1.00 bits per heavy atom. The van der Waals surface area contributed by atoms with Crippen LogP contribution in [0.4, 0.5) is 8.78 Å². The first-order chi connectivity index (χ1) is 13.1. The molecule has 3 rings (SSSR count). The molecule has 8 heteroatoms. The SMILES string of the molecule is CC(C)(C)c1nn(-c2ccccc2)cc1S(=O)(=O)NCc1c(F)cccc1F. The fraction of sp³-hybridized carbons (Fsp3) is 0.250. The zero-order valence-electron chi connectivity index (χ0n) is 15.8. The maximum atomic E-state index is 13.8. The maximum absolute atomic E-state index is 13.8. The number of aromatic nitrogens is 2. The van der Waals surface area contributed by atoms with E-state index < -0.39 is 33.6 Å². The second kappa shape index (κ2) is 7.44. The van der Waals surface area contributed by atoms with Gasteiger partial charge in [0.2, 0.25) is 10.0 Å². The van der Waals surface area contributed by atoms with E-state index in [4.69, 9.17) is 0 Å². The highest BCUT2D eigenvalue weighted by Crippen LogP contribution is 2.29. The molecule has 0 unspecified atom stereocenters. The van der Waals surface area contributed by atoms with E-state index in [9.17, 15) is 17.2 Å². The first-order valence-electron chi connectivity index (χ1n) is 8.68. The van der Waals surface area contributed by atoms with Gasteiger partial charge in [0.1, 0.15) is 16.5 Å². The number of para-hydroxylation sites is 1. The topological polar surface area (TPSA) is 64.0 Å². The third kappa shape index (κ3) is 4.13. The summed E-state index contributed by atoms with van der Waals surface area (Å²) in [6.07, 6.45) is 1.41. The van der Waals surface area contributed by atoms with E-state index in [1.54, 1.807) is 12.1 Å². The van der Waals surface area contributed by atoms with Gasteiger partial charge >= 0.3 is 0 Å². The van der Waals surface area contributed by atoms with E-state index >= 15 is 0 Å². The lowest BCUT2D eigenvalue weighted by Crippen LogP contribution is -2.27. The van der Waals surface area contributed by atoms with Gasteiger partial charge in [-0.15, -0.1) is 0 Å². The summed E-state index contributed by atoms with van der Waals surface area (Å²) in [5.74, 6) is -1.61. The minimum Gasteiger partial charge on any atom is -0.239 e. The molecular formula is C20H21F2N3O2S. The number of hydrogen-bond donors (Lipinski definition) is 1. The first-order valence-corrected chi connectivity index (χ1v) is 10.2. The average Bonchev–Trinajstić information content (AvgIpc) is 3.09. The van der Waals surface area contributed by atoms with Crippen LogP contribution in [0.25, 0.3) is 5.69 Å². The molecule has 2 aromatic carbocycles. The van der Waals surface area contributed by atoms with Crippen LogP contribution in [0.15, 0.2) is 59.6 Å². The molecule has 0 aliphatic heterocycles. The van der Waals surface area contributed by atoms with E-state index in [1.807, 2.05) is 39.0 Å². The molecule has 0 aliphatic carbocycles. The van der Waals surface area contributed by atoms with Crippen LogP contribution in [-0.4, -0.2) is 18.2 Å². The Bertz CT molecular complexity index is 1070. The van der Waals surface area contributed by atoms with E-state index in [-0.39, 0.29) is 10.5 Å². The van der Waals surface area contributed by atoms with E-state index in [0.717, 1.165) is 12.1 Å². The Morgan fingerprint density at radius 3 is 2.18 bits per heavy atom. The molecule has 3 aromatic rings. The molecular weight excluding hydrogens is 384 g/mol. The maximum Gasteiger partial charge on any atom is 0.244 e. The predicted molar refractivity (Wildman–Crippen MR) is 103 cm³/mol. The Hall–Kier alpha value is -2.58. The Balaban J connectivity index is 2.00. The van der Waals surface area contributed by atoms with Crippen molar-refractivity contribution in [1.82, 2.24) is 14.5 Å². The zero-order chi connectivity index (χ0) is 20.5. The summed E-state index contributed by atoms with van der Waals surface area (Å²) in [5, 5.41) is 4.46. The number of nitrogens with zero attached hydrogens (tertiary/aromatic N) is 2. The standard InChI is InChI=1S/C20H21F2N3O2S/c1-20(2,3)19-18(13-25(24-19)14-8-5-4-6-9-14)28(26,27)23-12-15-16(21)10-7-11-17(15)22/h4-11,13,23H,12H2,1-3H3. The number of rotatable bonds is 5. The Labute approximate surface area is 163 Å². The van der Waals surface area contributed by atoms with Gasteiger partial charge in [-0.2, -0.15) is 5.10 Å². The average molecular weight is 405 g/mol. The van der Waals surface area contributed by atoms with Crippen LogP contribution in [0.5, 0.6) is 0 Å². The highest BCUT2D eigenvalue weighted by atomic mass is 32.2. The molecule has 0 fully saturated rings. The van der Waals surface area contributed by atoms with Crippen LogP contribution < -0.4 is 4.72 Å². The van der Waals surface area contributed by atoms with Crippen LogP contribution in [0, 0.1) is 11.6 Å². The van der Waals surface area contributed by atoms with Crippen molar-refractivity contribution in [3.05, 3.63) is 77.6 Å². The van der Waals surface area contributed by atoms with Gasteiger partial charge in [0, 0.05) is 17.5 Å². The van der Waals surface area contributed by atoms with Gasteiger partial charge in [-0.3, -0.25) is 0 Å². The number of benzene rings is 2. The van der Waals surface area contributed by atoms with Crippen molar-refractivity contribution in [3.63, 3.8) is 0 Å². The monoisotopic (exact) mass is 405 g/mol. The lowest BCUT2D eigenvalue weighted by molar-refractivity contribution is 0.532. The Kier molecular flexibility index (Phi) is 5.36. The highest BCUT2D eigenvalue weighted by molar-refractivity contribution is 7.89. The Morgan fingerprint density at radius 2 is 1.61 bits per heavy atom. The molecule has 1 aromatic heterocycles. The van der Waals surface area contributed by atoms with Gasteiger partial charge < -0.3 is 0 Å². The van der Waals surface area contributed by atoms with Crippen molar-refractivity contribution in [1.29, 1.82) is 0 Å². The summed E-state index contributed by atoms with van der Waals surface area (Å²) in [6.45, 7) is 5.04. The van der Waals surface area contributed by atoms with Crippen molar-refractivity contribution in [2.24, 2.45) is 0 Å². The predicted octanol–water partition coefficient (Wildman–Crippen LogP) is 3.93. The van der Waals surface area contributed by atoms with Crippen molar-refractivity contribution >= 4 is 10.0 Å². The smallest absolute Gasteiger partial charge is 0.239 e. The van der Waals surface area contributed by atoms with Crippen LogP contribution in [0.3, 0.4) is 0 Å². The molecule has 1 N–H and O–H groups in total. The van der Waals surface area contributed by atoms with Crippen LogP contribution in [0.2, 0.25) is 0 Å². The van der Waals surface area contributed by atoms with Gasteiger partial charge in [-0.25, -0.2) is 26.6 Å². The van der Waals surface area contributed by atoms with Crippen molar-refractivity contribution < 1.29 is 17.2 Å². The number of halogens is 2. The van der Waals surface area contributed by atoms with E-state index in [2.05, 4.69) is 9.82 Å². The van der Waals surface area contributed by atoms with Crippen LogP contribution in [0.1, 0.15) is 32.0 Å². The molecule has 1 heterocycles. The second-order valence-electron chi connectivity index (χ2n) is 7.40. The second-order valence-corrected chi connectivity index (χ2v) is 9.13. The molecule has 0 aliphatic rings. The zero-order valence-corrected chi connectivity index (χ0v) is 16.6. The summed E-state index contributed by atoms with van der Waals surface area (Å²) in [7, 11) is -4.06. The fourth-order valence-electron chi connectivity index (χ4n) is 2.73. The quantitative estimate of drug-likeness (QED) is 0.700. The first kappa shape index (κ1) is 20.2. The van der Waals surface area contributed by atoms with E-state index in [0.29, 0.717) is 11.4 Å². The summed E-state index contributed by atoms with van der Waals surface area (Å²) >= 11 is 0. The molecule has 148 valence electrons. The van der Waals surface area contributed by atoms with E-state index in [1.165, 1.54) is 16.9 Å². The highest BCUT2D eigenvalue weighted by Gasteiger charge is 2.30. The number of nitrogens with one attached hydrogen (secondary N) is 1. The van der Waals surface area contributed by atoms with Gasteiger partial charge in [0.15, 0.2) is 0 Å². The summed E-state index contributed by atoms with van der Waals surface area (Å²) in [5.41, 5.74) is 0.166. The van der Waals surface area contributed by atoms with Crippen LogP contribution >= 0.6 is 0 Å². The van der Waals surface area contributed by atoms with Gasteiger partial charge in [-0.05, 0) is 24.3 Å². The molecule has 28 heavy (non-hydrogen) atoms. The van der Waals surface area contributed by atoms with Gasteiger partial charge in [0.05, 0.1) is 17.6 Å². The number of hydrogen-bond acceptors (Lipinski definition) is 3. The van der Waals surface area contributed by atoms with Gasteiger partial charge in [-0.1, -0.05) is 45.0 Å². The third-order valence-corrected chi connectivity index (χ3v) is 5.60. The van der Waals surface area contributed by atoms with Crippen LogP contribution in [-0.2, 0) is 22.0 Å². The van der Waals surface area contributed by atoms with Gasteiger partial charge in [0.25, 0.3) is 0 Å². The van der Waals surface area contributed by atoms with Crippen molar-refractivity contribution in [2.45, 2.75) is 37.6 Å². The minimum atomic E-state index is -4.06. The lowest BCUT2D eigenvalue weighted by Gasteiger charge is -2.17. The number of sulfonamides is 1. The molecule has 0 saturated heterocycles. The molecule has 0 radical (unpaired) electrons. The lowest BCUT2D eigenvalue weighted by atomic mass is 9.92. The normalized spacial score (nSPS) is 12.3. The summed E-state index contributed by atoms with van der Waals surface area (Å²) in [4.78, 5) is -0.0272. The molecule has 0 atom stereocenters. The fourth-order valence-corrected chi connectivity index (χ4v) is 4.06. The largest absolute Gasteiger partial charge is 0.244 e. The third-order valence-electron chi connectivity index (χ3n) is 4.20. The van der Waals surface area contributed by atoms with Crippen molar-refractivity contribution in [3.8, 4) is 5.69 Å². The minimum absolute atomic E-state index is 0.0272. The molecule has 0 bridgehead atoms.